The molecule has 0 spiro atoms. The summed E-state index contributed by atoms with van der Waals surface area (Å²) in [5.74, 6) is 1.55. The van der Waals surface area contributed by atoms with E-state index >= 15 is 0 Å². The van der Waals surface area contributed by atoms with Crippen molar-refractivity contribution in [3.8, 4) is 11.5 Å². The third-order valence-corrected chi connectivity index (χ3v) is 12.1. The number of carbonyl (C=O) groups excluding carboxylic acids is 2. The molecule has 0 aliphatic carbocycles. The summed E-state index contributed by atoms with van der Waals surface area (Å²) in [5.41, 5.74) is 0. The van der Waals surface area contributed by atoms with Crippen LogP contribution in [0, 0.1) is 0 Å². The molecule has 358 valence electrons. The summed E-state index contributed by atoms with van der Waals surface area (Å²) in [4.78, 5) is 23.0. The lowest BCUT2D eigenvalue weighted by molar-refractivity contribution is -0.142. The van der Waals surface area contributed by atoms with Gasteiger partial charge in [0.25, 0.3) is 0 Å². The Balaban J connectivity index is 1.19. The number of fused-ring (bicyclic) bond motifs is 2. The average Bonchev–Trinajstić information content (AvgIpc) is 3.27. The van der Waals surface area contributed by atoms with Crippen molar-refractivity contribution in [2.75, 3.05) is 13.2 Å². The Labute approximate surface area is 390 Å². The molecule has 0 unspecified atom stereocenters. The molecule has 6 heteroatoms. The van der Waals surface area contributed by atoms with Gasteiger partial charge in [-0.3, -0.25) is 0 Å². The fraction of sp³-hybridized carbons (Fsp3) is 0.655. The number of unbranched alkanes of at least 4 members (excludes halogenated alkanes) is 28. The van der Waals surface area contributed by atoms with Crippen molar-refractivity contribution in [3.05, 3.63) is 72.8 Å². The van der Waals surface area contributed by atoms with E-state index in [1.807, 2.05) is 39.8 Å². The molecular formula is C58H90O6. The quantitative estimate of drug-likeness (QED) is 0.0245. The Morgan fingerprint density at radius 3 is 0.859 bits per heavy atom. The standard InChI is InChI=1S/C58H90O6/c1-49(2)63-55(59)45-33-29-25-21-17-13-9-5-7-11-15-19-23-27-31-39-47-61-57-51-41-35-37-43-53(51)58(54-44-38-36-42-52(54)57)62-48-40-32-28-24-20-16-12-8-6-10-14-18-22-26-30-34-46-56(60)64-50(3)4/h33-38,41-46,49-50H,5-32,39-40,47-48H2,1-4H3. The maximum Gasteiger partial charge on any atom is 0.330 e. The average molecular weight is 883 g/mol. The van der Waals surface area contributed by atoms with Gasteiger partial charge in [0, 0.05) is 33.7 Å². The number of rotatable bonds is 40. The van der Waals surface area contributed by atoms with Crippen molar-refractivity contribution < 1.29 is 28.5 Å². The maximum atomic E-state index is 11.5. The third-order valence-electron chi connectivity index (χ3n) is 12.1. The molecule has 3 aromatic rings. The number of esters is 2. The first kappa shape index (κ1) is 54.5. The lowest BCUT2D eigenvalue weighted by Gasteiger charge is -2.18. The maximum absolute atomic E-state index is 11.5. The first-order chi connectivity index (χ1) is 31.4. The van der Waals surface area contributed by atoms with E-state index in [-0.39, 0.29) is 24.1 Å². The molecule has 0 amide bonds. The highest BCUT2D eigenvalue weighted by molar-refractivity contribution is 6.11. The predicted molar refractivity (Wildman–Crippen MR) is 272 cm³/mol. The normalized spacial score (nSPS) is 11.8. The topological polar surface area (TPSA) is 71.1 Å². The summed E-state index contributed by atoms with van der Waals surface area (Å²) in [7, 11) is 0. The SMILES string of the molecule is CC(C)OC(=O)C=CCCCCCCCCCCCCCCCCOc1c2ccccc2c(OCCCCCCCCCCCCCCCCC=CC(=O)OC(C)C)c2ccccc12. The molecule has 0 radical (unpaired) electrons. The van der Waals surface area contributed by atoms with E-state index in [1.165, 1.54) is 154 Å². The smallest absolute Gasteiger partial charge is 0.330 e. The van der Waals surface area contributed by atoms with Crippen molar-refractivity contribution in [2.24, 2.45) is 0 Å². The second-order valence-corrected chi connectivity index (χ2v) is 18.7. The first-order valence-electron chi connectivity index (χ1n) is 26.3. The van der Waals surface area contributed by atoms with E-state index in [0.717, 1.165) is 84.8 Å². The van der Waals surface area contributed by atoms with Gasteiger partial charge in [-0.2, -0.15) is 0 Å². The summed E-state index contributed by atoms with van der Waals surface area (Å²) in [5, 5.41) is 4.60. The predicted octanol–water partition coefficient (Wildman–Crippen LogP) is 17.5. The summed E-state index contributed by atoms with van der Waals surface area (Å²) >= 11 is 0. The van der Waals surface area contributed by atoms with Gasteiger partial charge in [-0.05, 0) is 66.2 Å². The van der Waals surface area contributed by atoms with Gasteiger partial charge in [0.15, 0.2) is 0 Å². The van der Waals surface area contributed by atoms with Gasteiger partial charge in [0.2, 0.25) is 0 Å². The molecule has 64 heavy (non-hydrogen) atoms. The van der Waals surface area contributed by atoms with Crippen LogP contribution in [0.3, 0.4) is 0 Å². The fourth-order valence-corrected chi connectivity index (χ4v) is 8.58. The molecule has 3 rings (SSSR count). The summed E-state index contributed by atoms with van der Waals surface area (Å²) in [6.45, 7) is 9.01. The number of benzene rings is 3. The Kier molecular flexibility index (Phi) is 31.0. The van der Waals surface area contributed by atoms with Crippen LogP contribution in [0.15, 0.2) is 72.8 Å². The highest BCUT2D eigenvalue weighted by Crippen LogP contribution is 2.43. The van der Waals surface area contributed by atoms with Crippen molar-refractivity contribution in [1.82, 2.24) is 0 Å². The van der Waals surface area contributed by atoms with Crippen molar-refractivity contribution in [3.63, 3.8) is 0 Å². The van der Waals surface area contributed by atoms with Gasteiger partial charge >= 0.3 is 11.9 Å². The highest BCUT2D eigenvalue weighted by Gasteiger charge is 2.16. The van der Waals surface area contributed by atoms with Crippen LogP contribution in [0.4, 0.5) is 0 Å². The molecule has 0 aliphatic rings. The van der Waals surface area contributed by atoms with Gasteiger partial charge in [0.05, 0.1) is 25.4 Å². The van der Waals surface area contributed by atoms with E-state index in [9.17, 15) is 9.59 Å². The lowest BCUT2D eigenvalue weighted by Crippen LogP contribution is -2.08. The van der Waals surface area contributed by atoms with Crippen LogP contribution in [0.5, 0.6) is 11.5 Å². The fourth-order valence-electron chi connectivity index (χ4n) is 8.58. The van der Waals surface area contributed by atoms with E-state index < -0.39 is 0 Å². The molecule has 0 heterocycles. The van der Waals surface area contributed by atoms with Crippen LogP contribution < -0.4 is 9.47 Å². The minimum atomic E-state index is -0.225. The van der Waals surface area contributed by atoms with Gasteiger partial charge in [-0.25, -0.2) is 9.59 Å². The summed E-state index contributed by atoms with van der Waals surface area (Å²) in [6, 6.07) is 17.2. The lowest BCUT2D eigenvalue weighted by atomic mass is 10.0. The number of carbonyl (C=O) groups is 2. The Morgan fingerprint density at radius 1 is 0.375 bits per heavy atom. The zero-order valence-corrected chi connectivity index (χ0v) is 41.2. The molecule has 3 aromatic carbocycles. The molecule has 0 saturated carbocycles. The molecule has 0 aliphatic heterocycles. The minimum absolute atomic E-state index is 0.0495. The minimum Gasteiger partial charge on any atom is -0.492 e. The summed E-state index contributed by atoms with van der Waals surface area (Å²) < 4.78 is 23.4. The van der Waals surface area contributed by atoms with E-state index in [2.05, 4.69) is 48.5 Å². The molecular weight excluding hydrogens is 793 g/mol. The summed E-state index contributed by atoms with van der Waals surface area (Å²) in [6.07, 6.45) is 45.1. The zero-order chi connectivity index (χ0) is 45.7. The molecule has 0 saturated heterocycles. The number of hydrogen-bond donors (Lipinski definition) is 0. The van der Waals surface area contributed by atoms with E-state index in [1.54, 1.807) is 12.2 Å². The first-order valence-corrected chi connectivity index (χ1v) is 26.3. The molecule has 6 nitrogen and oxygen atoms in total. The van der Waals surface area contributed by atoms with Crippen molar-refractivity contribution in [1.29, 1.82) is 0 Å². The molecule has 0 aromatic heterocycles. The number of allylic oxidation sites excluding steroid dienone is 2. The Bertz CT molecular complexity index is 1520. The highest BCUT2D eigenvalue weighted by atomic mass is 16.5. The molecule has 0 N–H and O–H groups in total. The van der Waals surface area contributed by atoms with E-state index in [0.29, 0.717) is 0 Å². The van der Waals surface area contributed by atoms with Crippen LogP contribution in [-0.2, 0) is 19.1 Å². The van der Waals surface area contributed by atoms with Crippen molar-refractivity contribution in [2.45, 2.75) is 233 Å². The Morgan fingerprint density at radius 2 is 0.609 bits per heavy atom. The van der Waals surface area contributed by atoms with Crippen molar-refractivity contribution >= 4 is 33.5 Å². The van der Waals surface area contributed by atoms with Gasteiger partial charge in [-0.1, -0.05) is 215 Å². The second-order valence-electron chi connectivity index (χ2n) is 18.7. The number of ether oxygens (including phenoxy) is 4. The molecule has 0 bridgehead atoms. The molecule has 0 fully saturated rings. The monoisotopic (exact) mass is 883 g/mol. The van der Waals surface area contributed by atoms with Gasteiger partial charge < -0.3 is 18.9 Å². The zero-order valence-electron chi connectivity index (χ0n) is 41.2. The third kappa shape index (κ3) is 25.6. The van der Waals surface area contributed by atoms with Crippen LogP contribution in [0.25, 0.3) is 21.5 Å². The van der Waals surface area contributed by atoms with Crippen LogP contribution >= 0.6 is 0 Å². The number of hydrogen-bond acceptors (Lipinski definition) is 6. The second kappa shape index (κ2) is 36.4. The van der Waals surface area contributed by atoms with Gasteiger partial charge in [0.1, 0.15) is 11.5 Å². The van der Waals surface area contributed by atoms with Crippen LogP contribution in [0.1, 0.15) is 220 Å². The Hall–Kier alpha value is -3.80. The van der Waals surface area contributed by atoms with Gasteiger partial charge in [-0.15, -0.1) is 0 Å². The largest absolute Gasteiger partial charge is 0.492 e. The van der Waals surface area contributed by atoms with Crippen LogP contribution in [0.2, 0.25) is 0 Å². The van der Waals surface area contributed by atoms with E-state index in [4.69, 9.17) is 18.9 Å². The van der Waals surface area contributed by atoms with Crippen LogP contribution in [-0.4, -0.2) is 37.4 Å². The molecule has 0 atom stereocenters.